The van der Waals surface area contributed by atoms with Crippen molar-refractivity contribution in [1.29, 1.82) is 0 Å². The van der Waals surface area contributed by atoms with Gasteiger partial charge in [0.25, 0.3) is 0 Å². The fourth-order valence-corrected chi connectivity index (χ4v) is 4.56. The van der Waals surface area contributed by atoms with E-state index < -0.39 is 0 Å². The molecule has 0 bridgehead atoms. The Balaban J connectivity index is 0.00000180. The lowest BCUT2D eigenvalue weighted by Gasteiger charge is -2.37. The van der Waals surface area contributed by atoms with E-state index in [4.69, 9.17) is 4.74 Å². The molecule has 1 amide bonds. The highest BCUT2D eigenvalue weighted by atomic mass is 35.5. The van der Waals surface area contributed by atoms with Gasteiger partial charge in [-0.15, -0.1) is 0 Å². The average molecular weight is 386 g/mol. The summed E-state index contributed by atoms with van der Waals surface area (Å²) in [6.07, 6.45) is 5.94. The molecule has 1 N–H and O–H groups in total. The van der Waals surface area contributed by atoms with Crippen LogP contribution in [-0.4, -0.2) is 48.6 Å². The number of pyridine rings is 1. The summed E-state index contributed by atoms with van der Waals surface area (Å²) in [6.45, 7) is 5.75. The van der Waals surface area contributed by atoms with Crippen LogP contribution in [0.4, 0.5) is 5.69 Å². The van der Waals surface area contributed by atoms with Crippen molar-refractivity contribution in [2.24, 2.45) is 5.41 Å². The normalized spacial score (nSPS) is 23.6. The Morgan fingerprint density at radius 1 is 1.22 bits per heavy atom. The van der Waals surface area contributed by atoms with Gasteiger partial charge in [-0.25, -0.2) is 9.69 Å². The Morgan fingerprint density at radius 2 is 2.07 bits per heavy atom. The summed E-state index contributed by atoms with van der Waals surface area (Å²) < 4.78 is 5.42. The summed E-state index contributed by atoms with van der Waals surface area (Å²) in [4.78, 5) is 20.8. The van der Waals surface area contributed by atoms with Crippen LogP contribution in [0.15, 0.2) is 42.7 Å². The number of carbonyl (C=O) groups is 1. The Bertz CT molecular complexity index is 853. The van der Waals surface area contributed by atoms with E-state index in [9.17, 15) is 4.79 Å². The minimum atomic E-state index is 0. The summed E-state index contributed by atoms with van der Waals surface area (Å²) in [5.41, 5.74) is 4.60. The van der Waals surface area contributed by atoms with Gasteiger partial charge in [-0.05, 0) is 30.2 Å². The molecule has 0 radical (unpaired) electrons. The second-order valence-corrected chi connectivity index (χ2v) is 8.00. The molecule has 2 fully saturated rings. The zero-order valence-corrected chi connectivity index (χ0v) is 16.0. The van der Waals surface area contributed by atoms with Gasteiger partial charge in [0.2, 0.25) is 0 Å². The lowest BCUT2D eigenvalue weighted by molar-refractivity contribution is -0.743. The lowest BCUT2D eigenvalue weighted by Crippen LogP contribution is -3.11. The first-order chi connectivity index (χ1) is 12.7. The number of ether oxygens (including phenoxy) is 1. The SMILES string of the molecule is O=C1c2ccccc2CC[NH+]1c1cncc(CN2CCC3(COC3)C2)c1.[Cl-]. The van der Waals surface area contributed by atoms with Gasteiger partial charge in [-0.1, -0.05) is 18.2 Å². The van der Waals surface area contributed by atoms with Crippen LogP contribution in [-0.2, 0) is 17.7 Å². The maximum Gasteiger partial charge on any atom is 0.349 e. The van der Waals surface area contributed by atoms with E-state index in [0.717, 1.165) is 67.5 Å². The standard InChI is InChI=1S/C21H23N3O2.ClH/c25-20-19-4-2-1-3-17(19)5-7-24(20)18-9-16(10-22-11-18)12-23-8-6-21(13-23)14-26-15-21;/h1-4,9-11H,5-8,12-15H2;1H. The Labute approximate surface area is 165 Å². The maximum atomic E-state index is 12.9. The molecule has 1 spiro atoms. The molecule has 5 rings (SSSR count). The second-order valence-electron chi connectivity index (χ2n) is 8.00. The summed E-state index contributed by atoms with van der Waals surface area (Å²) in [7, 11) is 0. The van der Waals surface area contributed by atoms with Crippen LogP contribution < -0.4 is 17.3 Å². The van der Waals surface area contributed by atoms with E-state index in [2.05, 4.69) is 22.0 Å². The van der Waals surface area contributed by atoms with Crippen molar-refractivity contribution in [1.82, 2.24) is 9.88 Å². The third kappa shape index (κ3) is 3.41. The van der Waals surface area contributed by atoms with Gasteiger partial charge in [0.05, 0.1) is 31.5 Å². The first-order valence-corrected chi connectivity index (χ1v) is 9.45. The molecule has 1 aromatic heterocycles. The zero-order valence-electron chi connectivity index (χ0n) is 15.3. The van der Waals surface area contributed by atoms with Crippen LogP contribution in [0.2, 0.25) is 0 Å². The van der Waals surface area contributed by atoms with Crippen molar-refractivity contribution in [2.75, 3.05) is 32.8 Å². The zero-order chi connectivity index (χ0) is 17.6. The third-order valence-corrected chi connectivity index (χ3v) is 6.06. The molecule has 4 heterocycles. The number of rotatable bonds is 3. The molecular weight excluding hydrogens is 362 g/mol. The predicted octanol–water partition coefficient (Wildman–Crippen LogP) is -1.78. The molecule has 2 saturated heterocycles. The molecule has 142 valence electrons. The average Bonchev–Trinajstić information content (AvgIpc) is 3.07. The van der Waals surface area contributed by atoms with Crippen LogP contribution in [0.1, 0.15) is 27.9 Å². The van der Waals surface area contributed by atoms with Gasteiger partial charge in [0.1, 0.15) is 0 Å². The van der Waals surface area contributed by atoms with E-state index in [1.165, 1.54) is 12.0 Å². The largest absolute Gasteiger partial charge is 1.00 e. The van der Waals surface area contributed by atoms with E-state index in [-0.39, 0.29) is 18.3 Å². The topological polar surface area (TPSA) is 46.9 Å². The molecule has 5 nitrogen and oxygen atoms in total. The van der Waals surface area contributed by atoms with E-state index >= 15 is 0 Å². The number of hydrogen-bond acceptors (Lipinski definition) is 4. The smallest absolute Gasteiger partial charge is 0.349 e. The minimum Gasteiger partial charge on any atom is -1.00 e. The number of hydrogen-bond donors (Lipinski definition) is 1. The van der Waals surface area contributed by atoms with Gasteiger partial charge in [-0.3, -0.25) is 9.88 Å². The molecule has 1 unspecified atom stereocenters. The number of fused-ring (bicyclic) bond motifs is 1. The van der Waals surface area contributed by atoms with Crippen molar-refractivity contribution < 1.29 is 26.8 Å². The number of nitrogens with zero attached hydrogens (tertiary/aromatic N) is 2. The van der Waals surface area contributed by atoms with E-state index in [1.54, 1.807) is 0 Å². The molecule has 1 atom stereocenters. The Kier molecular flexibility index (Phi) is 5.03. The predicted molar refractivity (Wildman–Crippen MR) is 97.3 cm³/mol. The van der Waals surface area contributed by atoms with Crippen LogP contribution in [0.3, 0.4) is 0 Å². The van der Waals surface area contributed by atoms with Gasteiger partial charge >= 0.3 is 5.91 Å². The highest BCUT2D eigenvalue weighted by molar-refractivity contribution is 5.91. The number of benzene rings is 1. The molecule has 3 aliphatic rings. The van der Waals surface area contributed by atoms with Crippen molar-refractivity contribution in [3.8, 4) is 0 Å². The van der Waals surface area contributed by atoms with Crippen molar-refractivity contribution >= 4 is 11.6 Å². The molecule has 0 saturated carbocycles. The van der Waals surface area contributed by atoms with Crippen LogP contribution in [0.25, 0.3) is 0 Å². The number of nitrogens with one attached hydrogen (secondary N) is 1. The summed E-state index contributed by atoms with van der Waals surface area (Å²) in [6, 6.07) is 10.1. The number of likely N-dealkylation sites (tertiary alicyclic amines) is 1. The highest BCUT2D eigenvalue weighted by Crippen LogP contribution is 2.37. The maximum absolute atomic E-state index is 12.9. The fourth-order valence-electron chi connectivity index (χ4n) is 4.56. The van der Waals surface area contributed by atoms with Gasteiger partial charge in [0, 0.05) is 37.2 Å². The van der Waals surface area contributed by atoms with E-state index in [0.29, 0.717) is 5.41 Å². The quantitative estimate of drug-likeness (QED) is 0.679. The molecule has 3 aliphatic heterocycles. The first-order valence-electron chi connectivity index (χ1n) is 9.45. The monoisotopic (exact) mass is 385 g/mol. The molecular formula is C21H24ClN3O2. The highest BCUT2D eigenvalue weighted by Gasteiger charge is 2.44. The number of halogens is 1. The number of amides is 1. The fraction of sp³-hybridized carbons (Fsp3) is 0.429. The Hall–Kier alpha value is -1.79. The van der Waals surface area contributed by atoms with Gasteiger partial charge < -0.3 is 17.1 Å². The summed E-state index contributed by atoms with van der Waals surface area (Å²) in [5.74, 6) is 0.164. The minimum absolute atomic E-state index is 0. The number of aromatic nitrogens is 1. The van der Waals surface area contributed by atoms with Gasteiger partial charge in [-0.2, -0.15) is 0 Å². The lowest BCUT2D eigenvalue weighted by atomic mass is 9.85. The number of carbonyl (C=O) groups excluding carboxylic acids is 1. The molecule has 6 heteroatoms. The third-order valence-electron chi connectivity index (χ3n) is 6.06. The number of quaternary nitrogens is 1. The molecule has 27 heavy (non-hydrogen) atoms. The van der Waals surface area contributed by atoms with Crippen molar-refractivity contribution in [3.63, 3.8) is 0 Å². The van der Waals surface area contributed by atoms with Gasteiger partial charge in [0.15, 0.2) is 5.69 Å². The molecule has 0 aliphatic carbocycles. The Morgan fingerprint density at radius 3 is 2.85 bits per heavy atom. The van der Waals surface area contributed by atoms with Crippen molar-refractivity contribution in [3.05, 3.63) is 59.4 Å². The molecule has 2 aromatic rings. The van der Waals surface area contributed by atoms with Crippen LogP contribution in [0.5, 0.6) is 0 Å². The van der Waals surface area contributed by atoms with Crippen molar-refractivity contribution in [2.45, 2.75) is 19.4 Å². The van der Waals surface area contributed by atoms with E-state index in [1.807, 2.05) is 30.6 Å². The van der Waals surface area contributed by atoms with Crippen LogP contribution in [0, 0.1) is 5.41 Å². The van der Waals surface area contributed by atoms with Crippen LogP contribution >= 0.6 is 0 Å². The summed E-state index contributed by atoms with van der Waals surface area (Å²) in [5, 5.41) is 0. The first kappa shape index (κ1) is 18.6. The summed E-state index contributed by atoms with van der Waals surface area (Å²) >= 11 is 0. The second kappa shape index (κ2) is 7.32. The molecule has 1 aromatic carbocycles.